The number of rotatable bonds is 7. The Morgan fingerprint density at radius 2 is 2.07 bits per heavy atom. The van der Waals surface area contributed by atoms with E-state index in [2.05, 4.69) is 16.9 Å². The molecule has 0 aliphatic carbocycles. The van der Waals surface area contributed by atoms with E-state index in [1.165, 1.54) is 0 Å². The minimum atomic E-state index is 0.0735. The zero-order chi connectivity index (χ0) is 11.7. The van der Waals surface area contributed by atoms with E-state index in [0.29, 0.717) is 19.6 Å². The molecule has 0 bridgehead atoms. The second-order valence-electron chi connectivity index (χ2n) is 3.52. The van der Waals surface area contributed by atoms with Gasteiger partial charge in [0.05, 0.1) is 6.54 Å². The monoisotopic (exact) mass is 213 g/mol. The molecular weight excluding hydrogens is 194 g/mol. The quantitative estimate of drug-likeness (QED) is 0.361. The molecule has 6 heteroatoms. The van der Waals surface area contributed by atoms with Crippen LogP contribution in [0.1, 0.15) is 13.3 Å². The van der Waals surface area contributed by atoms with E-state index in [-0.39, 0.29) is 5.91 Å². The van der Waals surface area contributed by atoms with Gasteiger partial charge in [-0.2, -0.15) is 0 Å². The van der Waals surface area contributed by atoms with E-state index in [1.54, 1.807) is 19.0 Å². The fraction of sp³-hybridized carbons (Fsp3) is 0.889. The lowest BCUT2D eigenvalue weighted by Gasteiger charge is -2.21. The van der Waals surface area contributed by atoms with Gasteiger partial charge >= 0.3 is 0 Å². The molecular formula is C9H19N5O. The van der Waals surface area contributed by atoms with Gasteiger partial charge in [0, 0.05) is 32.1 Å². The molecule has 0 fully saturated rings. The van der Waals surface area contributed by atoms with Crippen LogP contribution in [0.15, 0.2) is 5.11 Å². The number of carbonyl (C=O) groups excluding carboxylic acids is 1. The SMILES string of the molecule is CCCN(CCN=[N+]=[N-])CC(=O)N(C)C. The van der Waals surface area contributed by atoms with Gasteiger partial charge in [-0.25, -0.2) is 0 Å². The van der Waals surface area contributed by atoms with Crippen molar-refractivity contribution in [1.29, 1.82) is 0 Å². The highest BCUT2D eigenvalue weighted by atomic mass is 16.2. The average Bonchev–Trinajstić information content (AvgIpc) is 2.18. The molecule has 0 aliphatic heterocycles. The molecule has 0 unspecified atom stereocenters. The fourth-order valence-electron chi connectivity index (χ4n) is 1.15. The summed E-state index contributed by atoms with van der Waals surface area (Å²) in [4.78, 5) is 17.7. The second kappa shape index (κ2) is 8.08. The molecule has 0 aliphatic rings. The third-order valence-corrected chi connectivity index (χ3v) is 1.98. The van der Waals surface area contributed by atoms with Crippen LogP contribution in [0.5, 0.6) is 0 Å². The molecule has 86 valence electrons. The lowest BCUT2D eigenvalue weighted by atomic mass is 10.3. The summed E-state index contributed by atoms with van der Waals surface area (Å²) < 4.78 is 0. The maximum Gasteiger partial charge on any atom is 0.236 e. The number of carbonyl (C=O) groups is 1. The van der Waals surface area contributed by atoms with E-state index >= 15 is 0 Å². The Bertz CT molecular complexity index is 235. The summed E-state index contributed by atoms with van der Waals surface area (Å²) in [5.41, 5.74) is 8.14. The van der Waals surface area contributed by atoms with Crippen LogP contribution < -0.4 is 0 Å². The molecule has 0 N–H and O–H groups in total. The first-order valence-electron chi connectivity index (χ1n) is 5.05. The second-order valence-corrected chi connectivity index (χ2v) is 3.52. The largest absolute Gasteiger partial charge is 0.348 e. The molecule has 0 atom stereocenters. The molecule has 1 amide bonds. The van der Waals surface area contributed by atoms with Crippen LogP contribution in [0.4, 0.5) is 0 Å². The first-order chi connectivity index (χ1) is 7.11. The first kappa shape index (κ1) is 13.7. The van der Waals surface area contributed by atoms with Crippen LogP contribution in [-0.2, 0) is 4.79 Å². The number of hydrogen-bond donors (Lipinski definition) is 0. The highest BCUT2D eigenvalue weighted by molar-refractivity contribution is 5.77. The number of hydrogen-bond acceptors (Lipinski definition) is 3. The Morgan fingerprint density at radius 1 is 1.40 bits per heavy atom. The Kier molecular flexibility index (Phi) is 7.40. The smallest absolute Gasteiger partial charge is 0.236 e. The zero-order valence-corrected chi connectivity index (χ0v) is 9.68. The number of azide groups is 1. The van der Waals surface area contributed by atoms with Crippen LogP contribution in [0.2, 0.25) is 0 Å². The molecule has 15 heavy (non-hydrogen) atoms. The molecule has 0 saturated carbocycles. The lowest BCUT2D eigenvalue weighted by molar-refractivity contribution is -0.129. The number of nitrogens with zero attached hydrogens (tertiary/aromatic N) is 5. The van der Waals surface area contributed by atoms with E-state index in [9.17, 15) is 4.79 Å². The first-order valence-corrected chi connectivity index (χ1v) is 5.05. The highest BCUT2D eigenvalue weighted by Gasteiger charge is 2.10. The van der Waals surface area contributed by atoms with Crippen molar-refractivity contribution in [2.24, 2.45) is 5.11 Å². The molecule has 0 rings (SSSR count). The maximum absolute atomic E-state index is 11.4. The van der Waals surface area contributed by atoms with Crippen molar-refractivity contribution >= 4 is 5.91 Å². The Labute approximate surface area is 90.5 Å². The van der Waals surface area contributed by atoms with Crippen molar-refractivity contribution in [2.45, 2.75) is 13.3 Å². The minimum Gasteiger partial charge on any atom is -0.348 e. The molecule has 0 spiro atoms. The predicted molar refractivity (Wildman–Crippen MR) is 59.4 cm³/mol. The molecule has 0 aromatic carbocycles. The third kappa shape index (κ3) is 6.76. The van der Waals surface area contributed by atoms with E-state index in [4.69, 9.17) is 5.53 Å². The average molecular weight is 213 g/mol. The fourth-order valence-corrected chi connectivity index (χ4v) is 1.15. The summed E-state index contributed by atoms with van der Waals surface area (Å²) in [7, 11) is 3.47. The van der Waals surface area contributed by atoms with Gasteiger partial charge in [-0.1, -0.05) is 12.0 Å². The van der Waals surface area contributed by atoms with Crippen LogP contribution in [0, 0.1) is 0 Å². The Hall–Kier alpha value is -1.26. The van der Waals surface area contributed by atoms with Gasteiger partial charge < -0.3 is 4.90 Å². The van der Waals surface area contributed by atoms with Crippen molar-refractivity contribution in [3.8, 4) is 0 Å². The molecule has 0 aromatic rings. The van der Waals surface area contributed by atoms with Crippen molar-refractivity contribution in [3.05, 3.63) is 10.4 Å². The van der Waals surface area contributed by atoms with Crippen LogP contribution >= 0.6 is 0 Å². The summed E-state index contributed by atoms with van der Waals surface area (Å²) in [6.45, 7) is 4.34. The third-order valence-electron chi connectivity index (χ3n) is 1.98. The Balaban J connectivity index is 4.02. The van der Waals surface area contributed by atoms with E-state index < -0.39 is 0 Å². The summed E-state index contributed by atoms with van der Waals surface area (Å²) in [5.74, 6) is 0.0735. The maximum atomic E-state index is 11.4. The van der Waals surface area contributed by atoms with Gasteiger partial charge in [0.25, 0.3) is 0 Å². The van der Waals surface area contributed by atoms with Crippen molar-refractivity contribution < 1.29 is 4.79 Å². The summed E-state index contributed by atoms with van der Waals surface area (Å²) >= 11 is 0. The summed E-state index contributed by atoms with van der Waals surface area (Å²) in [5, 5.41) is 3.46. The van der Waals surface area contributed by atoms with Gasteiger partial charge in [0.2, 0.25) is 5.91 Å². The van der Waals surface area contributed by atoms with Crippen LogP contribution in [0.3, 0.4) is 0 Å². The minimum absolute atomic E-state index is 0.0735. The summed E-state index contributed by atoms with van der Waals surface area (Å²) in [6, 6.07) is 0. The zero-order valence-electron chi connectivity index (χ0n) is 9.68. The molecule has 0 radical (unpaired) electrons. The molecule has 0 saturated heterocycles. The molecule has 6 nitrogen and oxygen atoms in total. The van der Waals surface area contributed by atoms with Gasteiger partial charge in [-0.3, -0.25) is 9.69 Å². The van der Waals surface area contributed by atoms with E-state index in [1.807, 2.05) is 4.90 Å². The molecule has 0 aromatic heterocycles. The van der Waals surface area contributed by atoms with Gasteiger partial charge in [-0.05, 0) is 18.5 Å². The van der Waals surface area contributed by atoms with Gasteiger partial charge in [0.15, 0.2) is 0 Å². The van der Waals surface area contributed by atoms with Crippen LogP contribution in [0.25, 0.3) is 10.4 Å². The van der Waals surface area contributed by atoms with Crippen molar-refractivity contribution in [3.63, 3.8) is 0 Å². The topological polar surface area (TPSA) is 72.3 Å². The highest BCUT2D eigenvalue weighted by Crippen LogP contribution is 1.93. The number of amides is 1. The normalized spacial score (nSPS) is 9.87. The van der Waals surface area contributed by atoms with Crippen molar-refractivity contribution in [2.75, 3.05) is 40.3 Å². The van der Waals surface area contributed by atoms with Gasteiger partial charge in [0.1, 0.15) is 0 Å². The predicted octanol–water partition coefficient (Wildman–Crippen LogP) is 1.10. The van der Waals surface area contributed by atoms with Crippen LogP contribution in [-0.4, -0.2) is 56.0 Å². The van der Waals surface area contributed by atoms with Gasteiger partial charge in [-0.15, -0.1) is 0 Å². The molecule has 0 heterocycles. The standard InChI is InChI=1S/C9H19N5O/c1-4-6-14(7-5-11-12-10)8-9(15)13(2)3/h4-8H2,1-3H3. The van der Waals surface area contributed by atoms with E-state index in [0.717, 1.165) is 13.0 Å². The summed E-state index contributed by atoms with van der Waals surface area (Å²) in [6.07, 6.45) is 0.983. The lowest BCUT2D eigenvalue weighted by Crippen LogP contribution is -2.38. The Morgan fingerprint density at radius 3 is 2.53 bits per heavy atom. The van der Waals surface area contributed by atoms with Crippen molar-refractivity contribution in [1.82, 2.24) is 9.80 Å². The number of likely N-dealkylation sites (N-methyl/N-ethyl adjacent to an activating group) is 1.